The van der Waals surface area contributed by atoms with Crippen molar-refractivity contribution in [1.82, 2.24) is 8.87 Å². The van der Waals surface area contributed by atoms with Crippen LogP contribution in [0.25, 0.3) is 10.9 Å². The van der Waals surface area contributed by atoms with Crippen molar-refractivity contribution < 1.29 is 13.2 Å². The smallest absolute Gasteiger partial charge is 0.268 e. The Labute approximate surface area is 182 Å². The minimum atomic E-state index is -3.79. The SMILES string of the molecule is Cc1ccc(S(=O)(=O)n2c(C)c(OCCN(C)C)c3cc(Br)cc(Br)c32)cc1. The van der Waals surface area contributed by atoms with Crippen LogP contribution in [0.2, 0.25) is 0 Å². The van der Waals surface area contributed by atoms with E-state index in [1.165, 1.54) is 3.97 Å². The van der Waals surface area contributed by atoms with Crippen molar-refractivity contribution in [3.05, 3.63) is 56.6 Å². The summed E-state index contributed by atoms with van der Waals surface area (Å²) in [5.41, 5.74) is 2.13. The third kappa shape index (κ3) is 4.01. The fourth-order valence-corrected chi connectivity index (χ4v) is 6.12. The summed E-state index contributed by atoms with van der Waals surface area (Å²) < 4.78 is 35.9. The normalized spacial score (nSPS) is 12.1. The molecule has 0 unspecified atom stereocenters. The van der Waals surface area contributed by atoms with Crippen LogP contribution in [0, 0.1) is 13.8 Å². The van der Waals surface area contributed by atoms with Gasteiger partial charge in [0.2, 0.25) is 0 Å². The van der Waals surface area contributed by atoms with Crippen LogP contribution < -0.4 is 4.74 Å². The van der Waals surface area contributed by atoms with Crippen molar-refractivity contribution in [2.45, 2.75) is 18.7 Å². The summed E-state index contributed by atoms with van der Waals surface area (Å²) in [6.07, 6.45) is 0. The van der Waals surface area contributed by atoms with Crippen LogP contribution in [0.4, 0.5) is 0 Å². The molecule has 150 valence electrons. The number of benzene rings is 2. The van der Waals surface area contributed by atoms with Gasteiger partial charge in [-0.05, 0) is 68.1 Å². The topological polar surface area (TPSA) is 51.5 Å². The van der Waals surface area contributed by atoms with Crippen LogP contribution in [0.5, 0.6) is 5.75 Å². The highest BCUT2D eigenvalue weighted by molar-refractivity contribution is 9.11. The van der Waals surface area contributed by atoms with E-state index in [0.717, 1.165) is 22.0 Å². The summed E-state index contributed by atoms with van der Waals surface area (Å²) in [6, 6.07) is 10.6. The van der Waals surface area contributed by atoms with E-state index >= 15 is 0 Å². The maximum atomic E-state index is 13.5. The van der Waals surface area contributed by atoms with Gasteiger partial charge >= 0.3 is 0 Å². The number of hydrogen-bond donors (Lipinski definition) is 0. The van der Waals surface area contributed by atoms with Crippen LogP contribution in [0.15, 0.2) is 50.2 Å². The molecule has 0 bridgehead atoms. The van der Waals surface area contributed by atoms with E-state index in [0.29, 0.717) is 28.0 Å². The van der Waals surface area contributed by atoms with Gasteiger partial charge in [0.1, 0.15) is 12.4 Å². The fourth-order valence-electron chi connectivity index (χ4n) is 3.03. The average Bonchev–Trinajstić information content (AvgIpc) is 2.88. The maximum absolute atomic E-state index is 13.5. The van der Waals surface area contributed by atoms with Crippen molar-refractivity contribution in [3.8, 4) is 5.75 Å². The van der Waals surface area contributed by atoms with Crippen molar-refractivity contribution in [2.75, 3.05) is 27.2 Å². The molecule has 2 aromatic carbocycles. The van der Waals surface area contributed by atoms with E-state index in [-0.39, 0.29) is 4.90 Å². The lowest BCUT2D eigenvalue weighted by molar-refractivity contribution is 0.262. The van der Waals surface area contributed by atoms with Crippen LogP contribution >= 0.6 is 31.9 Å². The Hall–Kier alpha value is -1.35. The summed E-state index contributed by atoms with van der Waals surface area (Å²) in [4.78, 5) is 2.26. The number of ether oxygens (including phenoxy) is 1. The molecule has 0 saturated carbocycles. The molecule has 1 heterocycles. The fraction of sp³-hybridized carbons (Fsp3) is 0.300. The highest BCUT2D eigenvalue weighted by atomic mass is 79.9. The van der Waals surface area contributed by atoms with E-state index in [9.17, 15) is 8.42 Å². The molecule has 0 N–H and O–H groups in total. The molecular weight excluding hydrogens is 508 g/mol. The van der Waals surface area contributed by atoms with Crippen molar-refractivity contribution >= 4 is 52.8 Å². The van der Waals surface area contributed by atoms with Gasteiger partial charge in [0.25, 0.3) is 10.0 Å². The number of aryl methyl sites for hydroxylation is 1. The van der Waals surface area contributed by atoms with Crippen molar-refractivity contribution in [3.63, 3.8) is 0 Å². The lowest BCUT2D eigenvalue weighted by Gasteiger charge is -2.12. The molecule has 0 saturated heterocycles. The zero-order valence-corrected chi connectivity index (χ0v) is 20.2. The van der Waals surface area contributed by atoms with Gasteiger partial charge in [-0.15, -0.1) is 0 Å². The quantitative estimate of drug-likeness (QED) is 0.453. The van der Waals surface area contributed by atoms with Gasteiger partial charge in [0.05, 0.1) is 16.1 Å². The molecule has 3 aromatic rings. The first-order valence-electron chi connectivity index (χ1n) is 8.72. The molecule has 1 aromatic heterocycles. The molecule has 0 aliphatic carbocycles. The van der Waals surface area contributed by atoms with Gasteiger partial charge in [0.15, 0.2) is 0 Å². The maximum Gasteiger partial charge on any atom is 0.268 e. The zero-order chi connectivity index (χ0) is 20.6. The van der Waals surface area contributed by atoms with E-state index < -0.39 is 10.0 Å². The molecule has 0 aliphatic rings. The second-order valence-corrected chi connectivity index (χ2v) is 10.5. The first-order chi connectivity index (χ1) is 13.1. The third-order valence-electron chi connectivity index (χ3n) is 4.45. The summed E-state index contributed by atoms with van der Waals surface area (Å²) in [6.45, 7) is 4.89. The molecular formula is C20H22Br2N2O3S. The Morgan fingerprint density at radius 3 is 2.32 bits per heavy atom. The molecule has 0 aliphatic heterocycles. The third-order valence-corrected chi connectivity index (χ3v) is 7.32. The van der Waals surface area contributed by atoms with E-state index in [4.69, 9.17) is 4.74 Å². The Balaban J connectivity index is 2.25. The van der Waals surface area contributed by atoms with Gasteiger partial charge < -0.3 is 9.64 Å². The predicted molar refractivity (Wildman–Crippen MR) is 120 cm³/mol. The minimum Gasteiger partial charge on any atom is -0.490 e. The molecule has 0 radical (unpaired) electrons. The summed E-state index contributed by atoms with van der Waals surface area (Å²) >= 11 is 7.03. The second kappa shape index (κ2) is 8.18. The molecule has 8 heteroatoms. The van der Waals surface area contributed by atoms with Crippen LogP contribution in [0.3, 0.4) is 0 Å². The molecule has 0 atom stereocenters. The lowest BCUT2D eigenvalue weighted by atomic mass is 10.2. The summed E-state index contributed by atoms with van der Waals surface area (Å²) in [5.74, 6) is 0.578. The monoisotopic (exact) mass is 528 g/mol. The van der Waals surface area contributed by atoms with Crippen molar-refractivity contribution in [1.29, 1.82) is 0 Å². The van der Waals surface area contributed by atoms with Gasteiger partial charge in [-0.1, -0.05) is 33.6 Å². The van der Waals surface area contributed by atoms with E-state index in [1.54, 1.807) is 31.2 Å². The lowest BCUT2D eigenvalue weighted by Crippen LogP contribution is -2.20. The summed E-state index contributed by atoms with van der Waals surface area (Å²) in [7, 11) is 0.146. The van der Waals surface area contributed by atoms with Crippen LogP contribution in [-0.2, 0) is 10.0 Å². The van der Waals surface area contributed by atoms with Gasteiger partial charge in [-0.2, -0.15) is 0 Å². The number of aromatic nitrogens is 1. The van der Waals surface area contributed by atoms with Gasteiger partial charge in [-0.25, -0.2) is 12.4 Å². The zero-order valence-electron chi connectivity index (χ0n) is 16.2. The van der Waals surface area contributed by atoms with E-state index in [1.807, 2.05) is 38.1 Å². The number of halogens is 2. The second-order valence-electron chi connectivity index (χ2n) is 6.93. The summed E-state index contributed by atoms with van der Waals surface area (Å²) in [5, 5.41) is 0.744. The first-order valence-corrected chi connectivity index (χ1v) is 11.8. The minimum absolute atomic E-state index is 0.243. The Morgan fingerprint density at radius 1 is 1.07 bits per heavy atom. The Kier molecular flexibility index (Phi) is 6.24. The van der Waals surface area contributed by atoms with Crippen LogP contribution in [-0.4, -0.2) is 44.5 Å². The highest BCUT2D eigenvalue weighted by Gasteiger charge is 2.27. The molecule has 28 heavy (non-hydrogen) atoms. The predicted octanol–water partition coefficient (Wildman–Crippen LogP) is 4.96. The first kappa shape index (κ1) is 21.4. The van der Waals surface area contributed by atoms with Gasteiger partial charge in [-0.3, -0.25) is 0 Å². The highest BCUT2D eigenvalue weighted by Crippen LogP contribution is 2.41. The number of nitrogens with zero attached hydrogens (tertiary/aromatic N) is 2. The molecule has 5 nitrogen and oxygen atoms in total. The molecule has 0 fully saturated rings. The Morgan fingerprint density at radius 2 is 1.71 bits per heavy atom. The number of fused-ring (bicyclic) bond motifs is 1. The Bertz CT molecular complexity index is 1120. The van der Waals surface area contributed by atoms with E-state index in [2.05, 4.69) is 31.9 Å². The molecule has 3 rings (SSSR count). The molecule has 0 spiro atoms. The largest absolute Gasteiger partial charge is 0.490 e. The number of rotatable bonds is 6. The average molecular weight is 530 g/mol. The molecule has 0 amide bonds. The number of likely N-dealkylation sites (N-methyl/N-ethyl adjacent to an activating group) is 1. The van der Waals surface area contributed by atoms with Crippen molar-refractivity contribution in [2.24, 2.45) is 0 Å². The van der Waals surface area contributed by atoms with Gasteiger partial charge in [0, 0.05) is 20.9 Å². The van der Waals surface area contributed by atoms with Crippen LogP contribution in [0.1, 0.15) is 11.3 Å². The standard InChI is InChI=1S/C20H22Br2N2O3S/c1-13-5-7-16(8-6-13)28(25,26)24-14(2)20(27-10-9-23(3)4)17-11-15(21)12-18(22)19(17)24/h5-8,11-12H,9-10H2,1-4H3. The number of hydrogen-bond acceptors (Lipinski definition) is 4.